The maximum absolute atomic E-state index is 12.2. The van der Waals surface area contributed by atoms with Crippen LogP contribution in [0, 0.1) is 6.92 Å². The summed E-state index contributed by atoms with van der Waals surface area (Å²) in [4.78, 5) is 23.7. The molecule has 0 unspecified atom stereocenters. The number of hydrogen-bond donors (Lipinski definition) is 2. The van der Waals surface area contributed by atoms with Crippen LogP contribution in [0.5, 0.6) is 0 Å². The SMILES string of the molecule is CNC(=O)c1ccc(/C=C/C(=O)Nc2cccc(-n3nccc3C)c2)cc1. The molecule has 27 heavy (non-hydrogen) atoms. The number of benzene rings is 2. The molecule has 6 nitrogen and oxygen atoms in total. The van der Waals surface area contributed by atoms with Crippen molar-refractivity contribution in [2.75, 3.05) is 12.4 Å². The number of hydrogen-bond acceptors (Lipinski definition) is 3. The Bertz CT molecular complexity index is 987. The minimum Gasteiger partial charge on any atom is -0.355 e. The number of amides is 2. The Hall–Kier alpha value is -3.67. The molecule has 0 aliphatic carbocycles. The highest BCUT2D eigenvalue weighted by Gasteiger charge is 2.04. The van der Waals surface area contributed by atoms with Crippen LogP contribution in [0.15, 0.2) is 66.9 Å². The van der Waals surface area contributed by atoms with E-state index < -0.39 is 0 Å². The third kappa shape index (κ3) is 4.49. The zero-order valence-electron chi connectivity index (χ0n) is 15.1. The molecule has 0 radical (unpaired) electrons. The molecule has 0 saturated carbocycles. The van der Waals surface area contributed by atoms with Crippen LogP contribution in [0.1, 0.15) is 21.6 Å². The fourth-order valence-electron chi connectivity index (χ4n) is 2.60. The first kappa shape index (κ1) is 18.1. The summed E-state index contributed by atoms with van der Waals surface area (Å²) in [6.07, 6.45) is 4.89. The molecule has 3 rings (SSSR count). The number of rotatable bonds is 5. The van der Waals surface area contributed by atoms with E-state index in [1.807, 2.05) is 37.3 Å². The van der Waals surface area contributed by atoms with Gasteiger partial charge in [-0.05, 0) is 55.0 Å². The van der Waals surface area contributed by atoms with Gasteiger partial charge in [0.15, 0.2) is 0 Å². The van der Waals surface area contributed by atoms with Crippen molar-refractivity contribution < 1.29 is 9.59 Å². The smallest absolute Gasteiger partial charge is 0.251 e. The van der Waals surface area contributed by atoms with Crippen LogP contribution in [0.4, 0.5) is 5.69 Å². The molecular formula is C21H20N4O2. The summed E-state index contributed by atoms with van der Waals surface area (Å²) >= 11 is 0. The van der Waals surface area contributed by atoms with Gasteiger partial charge in [0, 0.05) is 36.3 Å². The quantitative estimate of drug-likeness (QED) is 0.686. The predicted molar refractivity (Wildman–Crippen MR) is 106 cm³/mol. The molecule has 0 spiro atoms. The van der Waals surface area contributed by atoms with E-state index in [9.17, 15) is 9.59 Å². The molecule has 2 N–H and O–H groups in total. The molecule has 136 valence electrons. The molecule has 1 aromatic heterocycles. The highest BCUT2D eigenvalue weighted by Crippen LogP contribution is 2.16. The molecule has 2 aromatic carbocycles. The molecule has 6 heteroatoms. The average Bonchev–Trinajstić information content (AvgIpc) is 3.12. The minimum atomic E-state index is -0.236. The number of nitrogens with zero attached hydrogens (tertiary/aromatic N) is 2. The summed E-state index contributed by atoms with van der Waals surface area (Å²) in [5, 5.41) is 9.68. The van der Waals surface area contributed by atoms with Gasteiger partial charge in [-0.25, -0.2) is 4.68 Å². The van der Waals surface area contributed by atoms with Gasteiger partial charge in [0.2, 0.25) is 5.91 Å². The van der Waals surface area contributed by atoms with Crippen LogP contribution in [-0.2, 0) is 4.79 Å². The summed E-state index contributed by atoms with van der Waals surface area (Å²) in [6, 6.07) is 16.4. The molecule has 0 aliphatic heterocycles. The van der Waals surface area contributed by atoms with E-state index in [4.69, 9.17) is 0 Å². The number of aromatic nitrogens is 2. The molecular weight excluding hydrogens is 340 g/mol. The van der Waals surface area contributed by atoms with Crippen LogP contribution < -0.4 is 10.6 Å². The molecule has 2 amide bonds. The maximum Gasteiger partial charge on any atom is 0.251 e. The van der Waals surface area contributed by atoms with Crippen LogP contribution in [-0.4, -0.2) is 28.6 Å². The standard InChI is InChI=1S/C21H20N4O2/c1-15-12-13-23-25(15)19-5-3-4-18(14-19)24-20(26)11-8-16-6-9-17(10-7-16)21(27)22-2/h3-14H,1-2H3,(H,22,27)(H,24,26)/b11-8+. The number of anilines is 1. The van der Waals surface area contributed by atoms with Crippen molar-refractivity contribution in [2.24, 2.45) is 0 Å². The summed E-state index contributed by atoms with van der Waals surface area (Å²) in [5.41, 5.74) is 3.98. The summed E-state index contributed by atoms with van der Waals surface area (Å²) in [6.45, 7) is 1.97. The van der Waals surface area contributed by atoms with Crippen molar-refractivity contribution in [1.29, 1.82) is 0 Å². The highest BCUT2D eigenvalue weighted by molar-refractivity contribution is 6.02. The summed E-state index contributed by atoms with van der Waals surface area (Å²) in [7, 11) is 1.59. The van der Waals surface area contributed by atoms with Gasteiger partial charge in [-0.2, -0.15) is 5.10 Å². The maximum atomic E-state index is 12.2. The normalized spacial score (nSPS) is 10.7. The molecule has 0 bridgehead atoms. The Morgan fingerprint density at radius 3 is 2.52 bits per heavy atom. The minimum absolute atomic E-state index is 0.143. The molecule has 0 saturated heterocycles. The van der Waals surface area contributed by atoms with Gasteiger partial charge in [0.25, 0.3) is 5.91 Å². The molecule has 1 heterocycles. The van der Waals surface area contributed by atoms with Crippen molar-refractivity contribution >= 4 is 23.6 Å². The van der Waals surface area contributed by atoms with Crippen LogP contribution in [0.25, 0.3) is 11.8 Å². The summed E-state index contributed by atoms with van der Waals surface area (Å²) in [5.74, 6) is -0.379. The Morgan fingerprint density at radius 1 is 1.07 bits per heavy atom. The Morgan fingerprint density at radius 2 is 1.85 bits per heavy atom. The van der Waals surface area contributed by atoms with E-state index in [0.29, 0.717) is 11.3 Å². The lowest BCUT2D eigenvalue weighted by molar-refractivity contribution is -0.111. The second-order valence-electron chi connectivity index (χ2n) is 5.96. The van der Waals surface area contributed by atoms with E-state index in [2.05, 4.69) is 15.7 Å². The first-order chi connectivity index (χ1) is 13.1. The highest BCUT2D eigenvalue weighted by atomic mass is 16.2. The lowest BCUT2D eigenvalue weighted by Gasteiger charge is -2.07. The number of nitrogens with one attached hydrogen (secondary N) is 2. The van der Waals surface area contributed by atoms with Crippen molar-refractivity contribution in [3.63, 3.8) is 0 Å². The number of carbonyl (C=O) groups excluding carboxylic acids is 2. The average molecular weight is 360 g/mol. The van der Waals surface area contributed by atoms with Crippen LogP contribution in [0.2, 0.25) is 0 Å². The fourth-order valence-corrected chi connectivity index (χ4v) is 2.60. The topological polar surface area (TPSA) is 76.0 Å². The van der Waals surface area contributed by atoms with E-state index >= 15 is 0 Å². The third-order valence-corrected chi connectivity index (χ3v) is 4.02. The van der Waals surface area contributed by atoms with E-state index in [1.54, 1.807) is 48.3 Å². The predicted octanol–water partition coefficient (Wildman–Crippen LogP) is 3.19. The van der Waals surface area contributed by atoms with Gasteiger partial charge in [0.1, 0.15) is 0 Å². The summed E-state index contributed by atoms with van der Waals surface area (Å²) < 4.78 is 1.81. The lowest BCUT2D eigenvalue weighted by Crippen LogP contribution is -2.17. The van der Waals surface area contributed by atoms with Crippen molar-refractivity contribution in [1.82, 2.24) is 15.1 Å². The van der Waals surface area contributed by atoms with E-state index in [-0.39, 0.29) is 11.8 Å². The largest absolute Gasteiger partial charge is 0.355 e. The van der Waals surface area contributed by atoms with Crippen molar-refractivity contribution in [3.8, 4) is 5.69 Å². The zero-order valence-corrected chi connectivity index (χ0v) is 15.1. The van der Waals surface area contributed by atoms with Gasteiger partial charge < -0.3 is 10.6 Å². The molecule has 3 aromatic rings. The first-order valence-electron chi connectivity index (χ1n) is 8.49. The fraction of sp³-hybridized carbons (Fsp3) is 0.0952. The number of aryl methyl sites for hydroxylation is 1. The van der Waals surface area contributed by atoms with E-state index in [1.165, 1.54) is 6.08 Å². The van der Waals surface area contributed by atoms with Gasteiger partial charge >= 0.3 is 0 Å². The Labute approximate surface area is 157 Å². The van der Waals surface area contributed by atoms with Crippen LogP contribution in [0.3, 0.4) is 0 Å². The Kier molecular flexibility index (Phi) is 5.47. The monoisotopic (exact) mass is 360 g/mol. The second-order valence-corrected chi connectivity index (χ2v) is 5.96. The molecule has 0 aliphatic rings. The Balaban J connectivity index is 1.66. The zero-order chi connectivity index (χ0) is 19.2. The number of carbonyl (C=O) groups is 2. The van der Waals surface area contributed by atoms with Crippen molar-refractivity contribution in [3.05, 3.63) is 83.7 Å². The van der Waals surface area contributed by atoms with E-state index in [0.717, 1.165) is 16.9 Å². The molecule has 0 atom stereocenters. The first-order valence-corrected chi connectivity index (χ1v) is 8.49. The molecule has 0 fully saturated rings. The van der Waals surface area contributed by atoms with Gasteiger partial charge in [-0.15, -0.1) is 0 Å². The van der Waals surface area contributed by atoms with Crippen LogP contribution >= 0.6 is 0 Å². The van der Waals surface area contributed by atoms with Gasteiger partial charge in [0.05, 0.1) is 5.69 Å². The van der Waals surface area contributed by atoms with Crippen molar-refractivity contribution in [2.45, 2.75) is 6.92 Å². The third-order valence-electron chi connectivity index (χ3n) is 4.02. The van der Waals surface area contributed by atoms with Gasteiger partial charge in [-0.1, -0.05) is 18.2 Å². The lowest BCUT2D eigenvalue weighted by atomic mass is 10.1. The second kappa shape index (κ2) is 8.14. The van der Waals surface area contributed by atoms with Gasteiger partial charge in [-0.3, -0.25) is 9.59 Å².